The van der Waals surface area contributed by atoms with Crippen molar-refractivity contribution >= 4 is 27.8 Å². The molecule has 1 fully saturated rings. The van der Waals surface area contributed by atoms with Gasteiger partial charge >= 0.3 is 0 Å². The number of benzene rings is 2. The molecular weight excluding hydrogens is 462 g/mol. The third kappa shape index (κ3) is 4.53. The predicted molar refractivity (Wildman–Crippen MR) is 144 cm³/mol. The van der Waals surface area contributed by atoms with Crippen LogP contribution in [-0.4, -0.2) is 41.9 Å². The fraction of sp³-hybridized carbons (Fsp3) is 0.233. The Morgan fingerprint density at radius 2 is 1.76 bits per heavy atom. The molecular formula is C30H27N5O2. The molecule has 7 nitrogen and oxygen atoms in total. The molecule has 4 N–H and O–H groups in total. The van der Waals surface area contributed by atoms with Crippen molar-refractivity contribution in [3.8, 4) is 11.8 Å². The van der Waals surface area contributed by atoms with Crippen molar-refractivity contribution in [3.63, 3.8) is 0 Å². The van der Waals surface area contributed by atoms with E-state index in [0.717, 1.165) is 45.8 Å². The lowest BCUT2D eigenvalue weighted by Crippen LogP contribution is -2.29. The number of anilines is 1. The van der Waals surface area contributed by atoms with Crippen LogP contribution in [0.15, 0.2) is 79.4 Å². The monoisotopic (exact) mass is 489 g/mol. The highest BCUT2D eigenvalue weighted by atomic mass is 16.3. The molecule has 184 valence electrons. The standard InChI is InChI=1S/C30H27N5O2/c31-29-24-12-13-35(30(24)34-18-33-29)26-16-23(27(36)28(26)37)11-9-20-8-10-22-14-21(17-32-25(22)15-20)7-6-19-4-2-1-3-5-19/h1-5,8,10,12-15,17-18,23,26-28,36-37H,9,11,16H2,(H2,31,33,34)/t23-,26+,27+,28-/m0/s1. The lowest BCUT2D eigenvalue weighted by molar-refractivity contribution is 0.00545. The van der Waals surface area contributed by atoms with Gasteiger partial charge in [0.15, 0.2) is 0 Å². The Hall–Kier alpha value is -4.25. The number of pyridine rings is 1. The Morgan fingerprint density at radius 1 is 0.919 bits per heavy atom. The van der Waals surface area contributed by atoms with Crippen molar-refractivity contribution in [3.05, 3.63) is 96.1 Å². The number of nitrogens with zero attached hydrogens (tertiary/aromatic N) is 4. The number of nitrogen functional groups attached to an aromatic ring is 1. The number of aliphatic hydroxyl groups excluding tert-OH is 2. The second kappa shape index (κ2) is 9.66. The van der Waals surface area contributed by atoms with Crippen LogP contribution in [0, 0.1) is 17.8 Å². The number of hydrogen-bond donors (Lipinski definition) is 3. The molecule has 4 atom stereocenters. The van der Waals surface area contributed by atoms with Gasteiger partial charge in [-0.2, -0.15) is 0 Å². The molecule has 3 aromatic heterocycles. The normalized spacial score (nSPS) is 21.2. The maximum absolute atomic E-state index is 10.8. The quantitative estimate of drug-likeness (QED) is 0.331. The van der Waals surface area contributed by atoms with Gasteiger partial charge in [0.25, 0.3) is 0 Å². The number of fused-ring (bicyclic) bond motifs is 2. The van der Waals surface area contributed by atoms with E-state index >= 15 is 0 Å². The Balaban J connectivity index is 1.15. The maximum atomic E-state index is 10.8. The van der Waals surface area contributed by atoms with Gasteiger partial charge in [-0.15, -0.1) is 0 Å². The van der Waals surface area contributed by atoms with Gasteiger partial charge in [-0.1, -0.05) is 42.2 Å². The van der Waals surface area contributed by atoms with E-state index in [-0.39, 0.29) is 12.0 Å². The first kappa shape index (κ1) is 23.2. The SMILES string of the molecule is Nc1ncnc2c1ccn2[C@@H]1C[C@H](CCc2ccc3cc(C#Cc4ccccc4)cnc3c2)[C@@H](O)[C@H]1O. The van der Waals surface area contributed by atoms with Gasteiger partial charge < -0.3 is 20.5 Å². The molecule has 0 unspecified atom stereocenters. The minimum atomic E-state index is -0.870. The molecule has 0 bridgehead atoms. The van der Waals surface area contributed by atoms with Gasteiger partial charge in [0, 0.05) is 28.9 Å². The van der Waals surface area contributed by atoms with Crippen molar-refractivity contribution in [2.45, 2.75) is 37.5 Å². The smallest absolute Gasteiger partial charge is 0.145 e. The Labute approximate surface area is 214 Å². The average molecular weight is 490 g/mol. The summed E-state index contributed by atoms with van der Waals surface area (Å²) in [7, 11) is 0. The Morgan fingerprint density at radius 3 is 2.62 bits per heavy atom. The molecule has 1 aliphatic rings. The Kier molecular flexibility index (Phi) is 6.05. The fourth-order valence-electron chi connectivity index (χ4n) is 5.33. The largest absolute Gasteiger partial charge is 0.390 e. The number of rotatable bonds is 4. The van der Waals surface area contributed by atoms with E-state index in [2.05, 4.69) is 51.1 Å². The van der Waals surface area contributed by atoms with E-state index < -0.39 is 12.2 Å². The highest BCUT2D eigenvalue weighted by Gasteiger charge is 2.42. The van der Waals surface area contributed by atoms with Gasteiger partial charge in [0.05, 0.1) is 23.0 Å². The lowest BCUT2D eigenvalue weighted by Gasteiger charge is -2.19. The molecule has 0 amide bonds. The second-order valence-corrected chi connectivity index (χ2v) is 9.67. The van der Waals surface area contributed by atoms with E-state index in [1.54, 1.807) is 6.20 Å². The summed E-state index contributed by atoms with van der Waals surface area (Å²) in [5.74, 6) is 6.74. The van der Waals surface area contributed by atoms with Crippen molar-refractivity contribution in [2.75, 3.05) is 5.73 Å². The second-order valence-electron chi connectivity index (χ2n) is 9.67. The molecule has 0 saturated heterocycles. The molecule has 6 rings (SSSR count). The van der Waals surface area contributed by atoms with E-state index in [1.165, 1.54) is 6.33 Å². The third-order valence-electron chi connectivity index (χ3n) is 7.35. The van der Waals surface area contributed by atoms with Crippen LogP contribution in [0.5, 0.6) is 0 Å². The van der Waals surface area contributed by atoms with Crippen LogP contribution >= 0.6 is 0 Å². The summed E-state index contributed by atoms with van der Waals surface area (Å²) in [5, 5.41) is 23.5. The first-order valence-corrected chi connectivity index (χ1v) is 12.5. The van der Waals surface area contributed by atoms with Crippen LogP contribution in [0.25, 0.3) is 21.9 Å². The molecule has 0 spiro atoms. The Bertz CT molecular complexity index is 1640. The topological polar surface area (TPSA) is 110 Å². The number of aliphatic hydroxyl groups is 2. The summed E-state index contributed by atoms with van der Waals surface area (Å²) in [6, 6.07) is 19.8. The van der Waals surface area contributed by atoms with E-state index in [9.17, 15) is 10.2 Å². The predicted octanol–water partition coefficient (Wildman–Crippen LogP) is 3.88. The summed E-state index contributed by atoms with van der Waals surface area (Å²) in [4.78, 5) is 13.0. The highest BCUT2D eigenvalue weighted by Crippen LogP contribution is 2.39. The number of nitrogens with two attached hydrogens (primary N) is 1. The number of aromatic nitrogens is 4. The highest BCUT2D eigenvalue weighted by molar-refractivity contribution is 5.86. The number of hydrogen-bond acceptors (Lipinski definition) is 6. The van der Waals surface area contributed by atoms with Crippen molar-refractivity contribution in [1.29, 1.82) is 0 Å². The molecule has 7 heteroatoms. The van der Waals surface area contributed by atoms with Gasteiger partial charge in [-0.05, 0) is 61.1 Å². The molecule has 2 aromatic carbocycles. The van der Waals surface area contributed by atoms with Crippen LogP contribution in [-0.2, 0) is 6.42 Å². The zero-order valence-electron chi connectivity index (χ0n) is 20.2. The fourth-order valence-corrected chi connectivity index (χ4v) is 5.33. The van der Waals surface area contributed by atoms with Crippen molar-refractivity contribution in [1.82, 2.24) is 19.5 Å². The molecule has 37 heavy (non-hydrogen) atoms. The summed E-state index contributed by atoms with van der Waals surface area (Å²) in [6.07, 6.45) is 5.64. The molecule has 1 aliphatic carbocycles. The third-order valence-corrected chi connectivity index (χ3v) is 7.35. The molecule has 1 saturated carbocycles. The lowest BCUT2D eigenvalue weighted by atomic mass is 9.95. The average Bonchev–Trinajstić information content (AvgIpc) is 3.48. The summed E-state index contributed by atoms with van der Waals surface area (Å²) < 4.78 is 1.92. The van der Waals surface area contributed by atoms with Crippen molar-refractivity contribution < 1.29 is 10.2 Å². The molecule has 5 aromatic rings. The van der Waals surface area contributed by atoms with Gasteiger partial charge in [0.1, 0.15) is 23.9 Å². The van der Waals surface area contributed by atoms with E-state index in [4.69, 9.17) is 5.73 Å². The van der Waals surface area contributed by atoms with E-state index in [0.29, 0.717) is 17.9 Å². The minimum absolute atomic E-state index is 0.0315. The first-order chi connectivity index (χ1) is 18.1. The molecule has 0 aliphatic heterocycles. The van der Waals surface area contributed by atoms with Crippen LogP contribution in [0.4, 0.5) is 5.82 Å². The van der Waals surface area contributed by atoms with Crippen LogP contribution in [0.2, 0.25) is 0 Å². The summed E-state index contributed by atoms with van der Waals surface area (Å²) >= 11 is 0. The number of aryl methyl sites for hydroxylation is 1. The van der Waals surface area contributed by atoms with E-state index in [1.807, 2.05) is 47.2 Å². The summed E-state index contributed by atoms with van der Waals surface area (Å²) in [6.45, 7) is 0. The van der Waals surface area contributed by atoms with Gasteiger partial charge in [0.2, 0.25) is 0 Å². The van der Waals surface area contributed by atoms with Gasteiger partial charge in [-0.3, -0.25) is 4.98 Å². The zero-order valence-corrected chi connectivity index (χ0v) is 20.2. The van der Waals surface area contributed by atoms with Crippen LogP contribution in [0.3, 0.4) is 0 Å². The summed E-state index contributed by atoms with van der Waals surface area (Å²) in [5.41, 5.74) is 10.6. The maximum Gasteiger partial charge on any atom is 0.145 e. The zero-order chi connectivity index (χ0) is 25.4. The van der Waals surface area contributed by atoms with Gasteiger partial charge in [-0.25, -0.2) is 9.97 Å². The molecule has 0 radical (unpaired) electrons. The minimum Gasteiger partial charge on any atom is -0.390 e. The van der Waals surface area contributed by atoms with Crippen molar-refractivity contribution in [2.24, 2.45) is 5.92 Å². The first-order valence-electron chi connectivity index (χ1n) is 12.5. The van der Waals surface area contributed by atoms with Crippen LogP contribution < -0.4 is 5.73 Å². The molecule has 3 heterocycles. The van der Waals surface area contributed by atoms with Crippen LogP contribution in [0.1, 0.15) is 35.6 Å².